The van der Waals surface area contributed by atoms with E-state index in [0.29, 0.717) is 13.0 Å². The summed E-state index contributed by atoms with van der Waals surface area (Å²) in [7, 11) is 0. The van der Waals surface area contributed by atoms with Gasteiger partial charge in [-0.3, -0.25) is 4.68 Å². The lowest BCUT2D eigenvalue weighted by molar-refractivity contribution is 0.0426. The highest BCUT2D eigenvalue weighted by Crippen LogP contribution is 2.22. The number of aryl methyl sites for hydroxylation is 1. The van der Waals surface area contributed by atoms with Crippen molar-refractivity contribution >= 4 is 0 Å². The first-order valence-corrected chi connectivity index (χ1v) is 7.55. The maximum absolute atomic E-state index is 6.39. The third kappa shape index (κ3) is 4.12. The second-order valence-electron chi connectivity index (χ2n) is 5.05. The van der Waals surface area contributed by atoms with Crippen molar-refractivity contribution in [2.45, 2.75) is 45.4 Å². The highest BCUT2D eigenvalue weighted by molar-refractivity contribution is 5.19. The quantitative estimate of drug-likeness (QED) is 0.809. The van der Waals surface area contributed by atoms with E-state index in [9.17, 15) is 0 Å². The highest BCUT2D eigenvalue weighted by atomic mass is 16.5. The molecule has 0 aliphatic heterocycles. The maximum Gasteiger partial charge on any atom is 0.138 e. The molecule has 0 radical (unpaired) electrons. The van der Waals surface area contributed by atoms with Crippen LogP contribution >= 0.6 is 0 Å². The van der Waals surface area contributed by atoms with Gasteiger partial charge >= 0.3 is 0 Å². The molecule has 2 N–H and O–H groups in total. The minimum Gasteiger partial charge on any atom is -0.372 e. The SMILES string of the molecule is CCCn1ncnc1CC(N)C(OCC)c1ccccc1. The van der Waals surface area contributed by atoms with Crippen molar-refractivity contribution in [2.24, 2.45) is 5.73 Å². The molecule has 21 heavy (non-hydrogen) atoms. The lowest BCUT2D eigenvalue weighted by atomic mass is 10.00. The van der Waals surface area contributed by atoms with Crippen LogP contribution in [-0.4, -0.2) is 27.4 Å². The summed E-state index contributed by atoms with van der Waals surface area (Å²) in [4.78, 5) is 4.33. The van der Waals surface area contributed by atoms with Crippen molar-refractivity contribution in [3.8, 4) is 0 Å². The number of aromatic nitrogens is 3. The summed E-state index contributed by atoms with van der Waals surface area (Å²) in [6.45, 7) is 5.61. The fourth-order valence-electron chi connectivity index (χ4n) is 2.45. The van der Waals surface area contributed by atoms with Gasteiger partial charge in [-0.2, -0.15) is 5.10 Å². The smallest absolute Gasteiger partial charge is 0.138 e. The third-order valence-corrected chi connectivity index (χ3v) is 3.41. The van der Waals surface area contributed by atoms with Crippen LogP contribution in [0.5, 0.6) is 0 Å². The molecule has 2 unspecified atom stereocenters. The van der Waals surface area contributed by atoms with Gasteiger partial charge in [-0.25, -0.2) is 4.98 Å². The number of nitrogens with zero attached hydrogens (tertiary/aromatic N) is 3. The van der Waals surface area contributed by atoms with Gasteiger partial charge in [0.15, 0.2) is 0 Å². The Morgan fingerprint density at radius 1 is 1.24 bits per heavy atom. The molecule has 0 saturated carbocycles. The molecule has 0 saturated heterocycles. The molecule has 0 amide bonds. The van der Waals surface area contributed by atoms with Gasteiger partial charge in [0.05, 0.1) is 6.10 Å². The Morgan fingerprint density at radius 3 is 2.67 bits per heavy atom. The zero-order valence-electron chi connectivity index (χ0n) is 12.8. The van der Waals surface area contributed by atoms with Crippen LogP contribution in [0.25, 0.3) is 0 Å². The molecule has 2 rings (SSSR count). The van der Waals surface area contributed by atoms with E-state index in [-0.39, 0.29) is 12.1 Å². The fraction of sp³-hybridized carbons (Fsp3) is 0.500. The average Bonchev–Trinajstić information content (AvgIpc) is 2.93. The van der Waals surface area contributed by atoms with Crippen LogP contribution in [0.3, 0.4) is 0 Å². The summed E-state index contributed by atoms with van der Waals surface area (Å²) < 4.78 is 7.78. The van der Waals surface area contributed by atoms with Gasteiger partial charge in [0, 0.05) is 25.6 Å². The maximum atomic E-state index is 6.39. The van der Waals surface area contributed by atoms with Crippen LogP contribution in [-0.2, 0) is 17.7 Å². The lowest BCUT2D eigenvalue weighted by Gasteiger charge is -2.24. The molecule has 1 heterocycles. The van der Waals surface area contributed by atoms with E-state index in [4.69, 9.17) is 10.5 Å². The Kier molecular flexibility index (Phi) is 5.90. The number of hydrogen-bond acceptors (Lipinski definition) is 4. The van der Waals surface area contributed by atoms with Crippen molar-refractivity contribution in [3.05, 3.63) is 48.0 Å². The predicted octanol–water partition coefficient (Wildman–Crippen LogP) is 2.34. The second kappa shape index (κ2) is 7.90. The van der Waals surface area contributed by atoms with Crippen LogP contribution in [0, 0.1) is 0 Å². The standard InChI is InChI=1S/C16H24N4O/c1-3-10-20-15(18-12-19-20)11-14(17)16(21-4-2)13-8-6-5-7-9-13/h5-9,12,14,16H,3-4,10-11,17H2,1-2H3. The van der Waals surface area contributed by atoms with E-state index in [2.05, 4.69) is 29.1 Å². The van der Waals surface area contributed by atoms with Gasteiger partial charge in [0.25, 0.3) is 0 Å². The fourth-order valence-corrected chi connectivity index (χ4v) is 2.45. The van der Waals surface area contributed by atoms with Crippen LogP contribution in [0.4, 0.5) is 0 Å². The molecule has 0 spiro atoms. The van der Waals surface area contributed by atoms with Crippen molar-refractivity contribution in [2.75, 3.05) is 6.61 Å². The average molecular weight is 288 g/mol. The topological polar surface area (TPSA) is 66.0 Å². The summed E-state index contributed by atoms with van der Waals surface area (Å²) in [6.07, 6.45) is 3.15. The van der Waals surface area contributed by atoms with E-state index in [1.807, 2.05) is 29.8 Å². The Hall–Kier alpha value is -1.72. The van der Waals surface area contributed by atoms with E-state index in [1.165, 1.54) is 0 Å². The monoisotopic (exact) mass is 288 g/mol. The first-order chi connectivity index (χ1) is 10.3. The first-order valence-electron chi connectivity index (χ1n) is 7.55. The number of benzene rings is 1. The van der Waals surface area contributed by atoms with Gasteiger partial charge in [-0.15, -0.1) is 0 Å². The minimum absolute atomic E-state index is 0.122. The summed E-state index contributed by atoms with van der Waals surface area (Å²) >= 11 is 0. The second-order valence-corrected chi connectivity index (χ2v) is 5.05. The van der Waals surface area contributed by atoms with E-state index >= 15 is 0 Å². The first kappa shape index (κ1) is 15.7. The van der Waals surface area contributed by atoms with Gasteiger partial charge in [-0.05, 0) is 18.9 Å². The number of ether oxygens (including phenoxy) is 1. The molecule has 1 aromatic heterocycles. The normalized spacial score (nSPS) is 14.0. The molecular weight excluding hydrogens is 264 g/mol. The molecule has 5 heteroatoms. The minimum atomic E-state index is -0.146. The zero-order valence-corrected chi connectivity index (χ0v) is 12.8. The van der Waals surface area contributed by atoms with Crippen molar-refractivity contribution in [1.82, 2.24) is 14.8 Å². The molecule has 2 atom stereocenters. The molecule has 0 bridgehead atoms. The number of nitrogens with two attached hydrogens (primary N) is 1. The summed E-state index contributed by atoms with van der Waals surface area (Å²) in [5.74, 6) is 0.921. The molecule has 0 aliphatic carbocycles. The van der Waals surface area contributed by atoms with E-state index in [0.717, 1.165) is 24.4 Å². The summed E-state index contributed by atoms with van der Waals surface area (Å²) in [5.41, 5.74) is 7.49. The predicted molar refractivity (Wildman–Crippen MR) is 82.8 cm³/mol. The molecule has 0 fully saturated rings. The van der Waals surface area contributed by atoms with Crippen molar-refractivity contribution in [1.29, 1.82) is 0 Å². The van der Waals surface area contributed by atoms with Crippen LogP contribution in [0.1, 0.15) is 37.8 Å². The van der Waals surface area contributed by atoms with E-state index in [1.54, 1.807) is 6.33 Å². The van der Waals surface area contributed by atoms with Gasteiger partial charge < -0.3 is 10.5 Å². The Balaban J connectivity index is 2.11. The summed E-state index contributed by atoms with van der Waals surface area (Å²) in [6, 6.07) is 9.97. The Labute approximate surface area is 126 Å². The van der Waals surface area contributed by atoms with Gasteiger partial charge in [-0.1, -0.05) is 37.3 Å². The van der Waals surface area contributed by atoms with Crippen LogP contribution in [0.2, 0.25) is 0 Å². The number of hydrogen-bond donors (Lipinski definition) is 1. The van der Waals surface area contributed by atoms with Crippen molar-refractivity contribution < 1.29 is 4.74 Å². The van der Waals surface area contributed by atoms with Crippen LogP contribution in [0.15, 0.2) is 36.7 Å². The molecule has 1 aromatic carbocycles. The van der Waals surface area contributed by atoms with E-state index < -0.39 is 0 Å². The largest absolute Gasteiger partial charge is 0.372 e. The van der Waals surface area contributed by atoms with Gasteiger partial charge in [0.2, 0.25) is 0 Å². The Morgan fingerprint density at radius 2 is 2.00 bits per heavy atom. The van der Waals surface area contributed by atoms with Crippen molar-refractivity contribution in [3.63, 3.8) is 0 Å². The third-order valence-electron chi connectivity index (χ3n) is 3.41. The Bertz CT molecular complexity index is 526. The highest BCUT2D eigenvalue weighted by Gasteiger charge is 2.22. The zero-order chi connectivity index (χ0) is 15.1. The molecule has 2 aromatic rings. The summed E-state index contributed by atoms with van der Waals surface area (Å²) in [5, 5.41) is 4.25. The molecule has 114 valence electrons. The lowest BCUT2D eigenvalue weighted by Crippen LogP contribution is -2.33. The molecule has 5 nitrogen and oxygen atoms in total. The molecular formula is C16H24N4O. The van der Waals surface area contributed by atoms with Gasteiger partial charge in [0.1, 0.15) is 12.2 Å². The molecule has 0 aliphatic rings. The van der Waals surface area contributed by atoms with Crippen LogP contribution < -0.4 is 5.73 Å². The number of rotatable bonds is 8.